The second kappa shape index (κ2) is 10.3. The van der Waals surface area contributed by atoms with Gasteiger partial charge in [0.15, 0.2) is 15.4 Å². The number of thioether (sulfide) groups is 1. The molecule has 0 bridgehead atoms. The van der Waals surface area contributed by atoms with E-state index in [1.54, 1.807) is 13.2 Å². The normalized spacial score (nSPS) is 14.7. The second-order valence-electron chi connectivity index (χ2n) is 6.78. The van der Waals surface area contributed by atoms with E-state index < -0.39 is 32.3 Å². The molecule has 0 radical (unpaired) electrons. The van der Waals surface area contributed by atoms with Crippen LogP contribution in [0.2, 0.25) is 0 Å². The number of carbonyl (C=O) groups is 1. The molecule has 1 aromatic heterocycles. The first-order valence-electron chi connectivity index (χ1n) is 9.26. The third-order valence-electron chi connectivity index (χ3n) is 4.44. The molecule has 0 saturated heterocycles. The zero-order chi connectivity index (χ0) is 22.4. The van der Waals surface area contributed by atoms with Crippen molar-refractivity contribution >= 4 is 27.5 Å². The lowest BCUT2D eigenvalue weighted by atomic mass is 9.98. The van der Waals surface area contributed by atoms with E-state index in [1.807, 2.05) is 6.92 Å². The fourth-order valence-electron chi connectivity index (χ4n) is 2.88. The molecule has 0 saturated carbocycles. The first kappa shape index (κ1) is 24.2. The molecule has 0 spiro atoms. The average Bonchev–Trinajstić information content (AvgIpc) is 3.13. The number of hydroxylamine groups is 1. The lowest BCUT2D eigenvalue weighted by Crippen LogP contribution is -2.54. The highest BCUT2D eigenvalue weighted by Gasteiger charge is 2.49. The van der Waals surface area contributed by atoms with Gasteiger partial charge >= 0.3 is 0 Å². The number of hydrogen-bond acceptors (Lipinski definition) is 9. The van der Waals surface area contributed by atoms with Gasteiger partial charge in [-0.05, 0) is 43.9 Å². The molecule has 11 heteroatoms. The highest BCUT2D eigenvalue weighted by atomic mass is 32.2. The number of unbranched alkanes of at least 4 members (excludes halogenated alkanes) is 1. The van der Waals surface area contributed by atoms with E-state index in [1.165, 1.54) is 35.8 Å². The maximum absolute atomic E-state index is 13.0. The summed E-state index contributed by atoms with van der Waals surface area (Å²) in [6.07, 6.45) is 3.43. The molecule has 1 heterocycles. The number of rotatable bonds is 11. The zero-order valence-corrected chi connectivity index (χ0v) is 18.6. The smallest absolute Gasteiger partial charge is 0.277 e. The van der Waals surface area contributed by atoms with Gasteiger partial charge in [-0.1, -0.05) is 18.5 Å². The molecule has 1 aromatic carbocycles. The Bertz CT molecular complexity index is 944. The predicted molar refractivity (Wildman–Crippen MR) is 111 cm³/mol. The molecule has 0 fully saturated rings. The predicted octanol–water partition coefficient (Wildman–Crippen LogP) is 2.28. The minimum Gasteiger partial charge on any atom is -0.494 e. The number of carbonyl (C=O) groups excluding carboxylic acids is 1. The molecule has 2 rings (SSSR count). The number of ether oxygens (including phenoxy) is 1. The van der Waals surface area contributed by atoms with Gasteiger partial charge < -0.3 is 14.4 Å². The van der Waals surface area contributed by atoms with Crippen molar-refractivity contribution < 1.29 is 32.8 Å². The molecule has 2 unspecified atom stereocenters. The van der Waals surface area contributed by atoms with Crippen molar-refractivity contribution in [1.82, 2.24) is 10.6 Å². The second-order valence-corrected chi connectivity index (χ2v) is 9.71. The summed E-state index contributed by atoms with van der Waals surface area (Å²) in [7, 11) is -4.12. The third-order valence-corrected chi connectivity index (χ3v) is 7.35. The minimum absolute atomic E-state index is 0.0920. The monoisotopic (exact) mass is 458 g/mol. The summed E-state index contributed by atoms with van der Waals surface area (Å²) in [4.78, 5) is 12.3. The number of amides is 1. The number of benzene rings is 1. The highest BCUT2D eigenvalue weighted by Crippen LogP contribution is 2.39. The van der Waals surface area contributed by atoms with E-state index in [0.717, 1.165) is 24.6 Å². The Hall–Kier alpha value is -2.08. The van der Waals surface area contributed by atoms with Crippen LogP contribution in [0.3, 0.4) is 0 Å². The van der Waals surface area contributed by atoms with Gasteiger partial charge in [0.2, 0.25) is 0 Å². The van der Waals surface area contributed by atoms with Crippen LogP contribution in [-0.2, 0) is 14.6 Å². The van der Waals surface area contributed by atoms with Crippen LogP contribution < -0.4 is 10.2 Å². The molecular formula is C19H26N2O7S2. The lowest BCUT2D eigenvalue weighted by Gasteiger charge is -2.31. The van der Waals surface area contributed by atoms with Gasteiger partial charge in [0, 0.05) is 6.07 Å². The van der Waals surface area contributed by atoms with Crippen LogP contribution in [0, 0.1) is 6.92 Å². The zero-order valence-electron chi connectivity index (χ0n) is 17.0. The van der Waals surface area contributed by atoms with Crippen molar-refractivity contribution in [2.24, 2.45) is 0 Å². The summed E-state index contributed by atoms with van der Waals surface area (Å²) >= 11 is 1.01. The van der Waals surface area contributed by atoms with E-state index in [9.17, 15) is 18.3 Å². The van der Waals surface area contributed by atoms with Crippen LogP contribution in [0.4, 0.5) is 0 Å². The van der Waals surface area contributed by atoms with E-state index in [4.69, 9.17) is 14.5 Å². The van der Waals surface area contributed by atoms with Gasteiger partial charge in [0.1, 0.15) is 17.2 Å². The van der Waals surface area contributed by atoms with Crippen LogP contribution in [0.5, 0.6) is 5.75 Å². The first-order chi connectivity index (χ1) is 14.2. The Morgan fingerprint density at radius 3 is 2.53 bits per heavy atom. The Labute approximate surface area is 179 Å². The van der Waals surface area contributed by atoms with Gasteiger partial charge in [-0.3, -0.25) is 10.0 Å². The molecule has 30 heavy (non-hydrogen) atoms. The molecule has 9 nitrogen and oxygen atoms in total. The Morgan fingerprint density at radius 1 is 1.37 bits per heavy atom. The number of aryl methyl sites for hydroxylation is 1. The first-order valence-corrected chi connectivity index (χ1v) is 12.2. The van der Waals surface area contributed by atoms with Gasteiger partial charge in [-0.2, -0.15) is 11.8 Å². The SMILES string of the molecule is CCCCOc1ccc(S(=O)(=O)CC(O)(C(=O)NO)C(SC)c2cc(C)on2)cc1. The molecule has 2 aromatic rings. The quantitative estimate of drug-likeness (QED) is 0.263. The molecule has 0 aliphatic rings. The molecule has 0 aliphatic carbocycles. The number of aliphatic hydroxyl groups is 1. The Kier molecular flexibility index (Phi) is 8.30. The van der Waals surface area contributed by atoms with E-state index >= 15 is 0 Å². The van der Waals surface area contributed by atoms with Crippen molar-refractivity contribution in [3.63, 3.8) is 0 Å². The molecule has 0 aliphatic heterocycles. The molecule has 3 N–H and O–H groups in total. The van der Waals surface area contributed by atoms with Gasteiger partial charge in [0.05, 0.1) is 22.5 Å². The molecular weight excluding hydrogens is 432 g/mol. The number of hydrogen-bond donors (Lipinski definition) is 3. The summed E-state index contributed by atoms with van der Waals surface area (Å²) in [5.74, 6) is -1.28. The summed E-state index contributed by atoms with van der Waals surface area (Å²) in [6.45, 7) is 4.18. The van der Waals surface area contributed by atoms with Gasteiger partial charge in [-0.15, -0.1) is 0 Å². The van der Waals surface area contributed by atoms with Crippen molar-refractivity contribution in [2.75, 3.05) is 18.6 Å². The van der Waals surface area contributed by atoms with E-state index in [2.05, 4.69) is 5.16 Å². The Morgan fingerprint density at radius 2 is 2.03 bits per heavy atom. The van der Waals surface area contributed by atoms with Crippen molar-refractivity contribution in [3.05, 3.63) is 41.8 Å². The maximum atomic E-state index is 13.0. The van der Waals surface area contributed by atoms with Gasteiger partial charge in [0.25, 0.3) is 5.91 Å². The van der Waals surface area contributed by atoms with E-state index in [0.29, 0.717) is 18.1 Å². The van der Waals surface area contributed by atoms with Crippen LogP contribution in [0.1, 0.15) is 36.5 Å². The molecule has 2 atom stereocenters. The summed E-state index contributed by atoms with van der Waals surface area (Å²) in [5, 5.41) is 23.0. The number of sulfone groups is 1. The highest BCUT2D eigenvalue weighted by molar-refractivity contribution is 7.99. The number of nitrogens with one attached hydrogen (secondary N) is 1. The maximum Gasteiger partial charge on any atom is 0.277 e. The summed E-state index contributed by atoms with van der Waals surface area (Å²) in [6, 6.07) is 7.22. The largest absolute Gasteiger partial charge is 0.494 e. The Balaban J connectivity index is 2.33. The number of aromatic nitrogens is 1. The summed E-state index contributed by atoms with van der Waals surface area (Å²) in [5.41, 5.74) is -0.962. The molecule has 1 amide bonds. The fraction of sp³-hybridized carbons (Fsp3) is 0.474. The van der Waals surface area contributed by atoms with Crippen molar-refractivity contribution in [2.45, 2.75) is 42.4 Å². The van der Waals surface area contributed by atoms with Gasteiger partial charge in [-0.25, -0.2) is 13.9 Å². The lowest BCUT2D eigenvalue weighted by molar-refractivity contribution is -0.146. The van der Waals surface area contributed by atoms with Crippen molar-refractivity contribution in [1.29, 1.82) is 0 Å². The summed E-state index contributed by atoms with van der Waals surface area (Å²) < 4.78 is 36.5. The minimum atomic E-state index is -4.12. The van der Waals surface area contributed by atoms with Crippen molar-refractivity contribution in [3.8, 4) is 5.75 Å². The van der Waals surface area contributed by atoms with Crippen LogP contribution in [-0.4, -0.2) is 54.0 Å². The average molecular weight is 459 g/mol. The van der Waals surface area contributed by atoms with E-state index in [-0.39, 0.29) is 10.6 Å². The van der Waals surface area contributed by atoms with Crippen LogP contribution in [0.25, 0.3) is 0 Å². The standard InChI is InChI=1S/C19H26N2O7S2/c1-4-5-10-27-14-6-8-15(9-7-14)30(25,26)12-19(23,18(22)20-24)17(29-3)16-11-13(2)28-21-16/h6-9,11,17,23-24H,4-5,10,12H2,1-3H3,(H,20,22). The molecule has 166 valence electrons. The fourth-order valence-corrected chi connectivity index (χ4v) is 5.51. The van der Waals surface area contributed by atoms with Crippen LogP contribution >= 0.6 is 11.8 Å². The van der Waals surface area contributed by atoms with Crippen LogP contribution in [0.15, 0.2) is 39.8 Å². The number of nitrogens with zero attached hydrogens (tertiary/aromatic N) is 1. The topological polar surface area (TPSA) is 139 Å². The third kappa shape index (κ3) is 5.54.